The second-order valence-electron chi connectivity index (χ2n) is 3.51. The summed E-state index contributed by atoms with van der Waals surface area (Å²) in [7, 11) is 0. The summed E-state index contributed by atoms with van der Waals surface area (Å²) in [4.78, 5) is 19.1. The van der Waals surface area contributed by atoms with Gasteiger partial charge < -0.3 is 10.2 Å². The summed E-state index contributed by atoms with van der Waals surface area (Å²) in [6.07, 6.45) is 0. The number of aromatic nitrogens is 2. The lowest BCUT2D eigenvalue weighted by molar-refractivity contribution is 0.0691. The van der Waals surface area contributed by atoms with Crippen molar-refractivity contribution in [1.29, 1.82) is 0 Å². The highest BCUT2D eigenvalue weighted by Gasteiger charge is 2.13. The number of nitrogens with zero attached hydrogens (tertiary/aromatic N) is 2. The summed E-state index contributed by atoms with van der Waals surface area (Å²) in [6.45, 7) is 0. The Hall–Kier alpha value is -1.99. The van der Waals surface area contributed by atoms with Crippen LogP contribution < -0.4 is 0 Å². The lowest BCUT2D eigenvalue weighted by atomic mass is 10.3. The summed E-state index contributed by atoms with van der Waals surface area (Å²) >= 11 is 2.66. The minimum absolute atomic E-state index is 0.0251. The highest BCUT2D eigenvalue weighted by atomic mass is 32.1. The number of thiazole rings is 2. The Labute approximate surface area is 109 Å². The molecule has 0 saturated heterocycles. The maximum atomic E-state index is 10.8. The minimum Gasteiger partial charge on any atom is -0.508 e. The van der Waals surface area contributed by atoms with Crippen molar-refractivity contribution in [1.82, 2.24) is 9.97 Å². The summed E-state index contributed by atoms with van der Waals surface area (Å²) < 4.78 is 0.926. The number of phenolic OH excluding ortho intramolecular Hbond substituents is 1. The normalized spacial score (nSPS) is 10.9. The number of fused-ring (bicyclic) bond motifs is 1. The molecule has 0 aliphatic carbocycles. The van der Waals surface area contributed by atoms with E-state index >= 15 is 0 Å². The van der Waals surface area contributed by atoms with E-state index in [2.05, 4.69) is 9.97 Å². The Balaban J connectivity index is 2.10. The molecule has 0 aliphatic rings. The molecule has 0 spiro atoms. The number of carboxylic acid groups (broad SMARTS) is 1. The van der Waals surface area contributed by atoms with Crippen LogP contribution in [0.15, 0.2) is 23.6 Å². The largest absolute Gasteiger partial charge is 0.508 e. The average molecular weight is 278 g/mol. The van der Waals surface area contributed by atoms with Crippen molar-refractivity contribution in [3.05, 3.63) is 29.3 Å². The van der Waals surface area contributed by atoms with Crippen LogP contribution in [-0.4, -0.2) is 26.2 Å². The molecular formula is C11H6N2O3S2. The van der Waals surface area contributed by atoms with Gasteiger partial charge in [-0.25, -0.2) is 14.8 Å². The molecule has 0 radical (unpaired) electrons. The molecule has 18 heavy (non-hydrogen) atoms. The quantitative estimate of drug-likeness (QED) is 0.753. The fourth-order valence-corrected chi connectivity index (χ4v) is 3.25. The fourth-order valence-electron chi connectivity index (χ4n) is 1.48. The molecule has 0 amide bonds. The third kappa shape index (κ3) is 1.83. The molecule has 0 atom stereocenters. The van der Waals surface area contributed by atoms with E-state index in [9.17, 15) is 9.90 Å². The molecule has 5 nitrogen and oxygen atoms in total. The van der Waals surface area contributed by atoms with Gasteiger partial charge in [-0.15, -0.1) is 22.7 Å². The first-order valence-corrected chi connectivity index (χ1v) is 6.62. The first-order chi connectivity index (χ1) is 8.63. The molecule has 3 aromatic rings. The molecule has 0 unspecified atom stereocenters. The maximum Gasteiger partial charge on any atom is 0.355 e. The van der Waals surface area contributed by atoms with Gasteiger partial charge in [0.2, 0.25) is 0 Å². The standard InChI is InChI=1S/C11H6N2O3S2/c14-5-1-2-8-6(3-5)12-10(18-8)9-13-7(4-17-9)11(15)16/h1-4,14H,(H,15,16). The second kappa shape index (κ2) is 4.04. The van der Waals surface area contributed by atoms with Gasteiger partial charge in [-0.1, -0.05) is 0 Å². The van der Waals surface area contributed by atoms with Gasteiger partial charge in [0.15, 0.2) is 15.7 Å². The zero-order chi connectivity index (χ0) is 12.7. The molecule has 0 saturated carbocycles. The Morgan fingerprint density at radius 3 is 2.78 bits per heavy atom. The molecule has 2 aromatic heterocycles. The van der Waals surface area contributed by atoms with E-state index in [1.165, 1.54) is 28.1 Å². The van der Waals surface area contributed by atoms with Crippen molar-refractivity contribution >= 4 is 38.9 Å². The van der Waals surface area contributed by atoms with E-state index < -0.39 is 5.97 Å². The zero-order valence-corrected chi connectivity index (χ0v) is 10.5. The van der Waals surface area contributed by atoms with Crippen LogP contribution in [0.2, 0.25) is 0 Å². The molecule has 2 N–H and O–H groups in total. The van der Waals surface area contributed by atoms with Gasteiger partial charge in [-0.05, 0) is 12.1 Å². The highest BCUT2D eigenvalue weighted by Crippen LogP contribution is 2.33. The van der Waals surface area contributed by atoms with Crippen LogP contribution in [0.3, 0.4) is 0 Å². The molecule has 0 aliphatic heterocycles. The smallest absolute Gasteiger partial charge is 0.355 e. The van der Waals surface area contributed by atoms with Gasteiger partial charge in [-0.3, -0.25) is 0 Å². The van der Waals surface area contributed by atoms with Crippen LogP contribution in [0, 0.1) is 0 Å². The molecule has 0 fully saturated rings. The number of benzene rings is 1. The highest BCUT2D eigenvalue weighted by molar-refractivity contribution is 7.25. The number of aromatic carboxylic acids is 1. The Kier molecular flexibility index (Phi) is 2.49. The van der Waals surface area contributed by atoms with Crippen LogP contribution >= 0.6 is 22.7 Å². The lowest BCUT2D eigenvalue weighted by Gasteiger charge is -1.88. The monoisotopic (exact) mass is 278 g/mol. The second-order valence-corrected chi connectivity index (χ2v) is 5.40. The van der Waals surface area contributed by atoms with Gasteiger partial charge in [0, 0.05) is 11.4 Å². The number of hydrogen-bond acceptors (Lipinski definition) is 6. The third-order valence-corrected chi connectivity index (χ3v) is 4.30. The van der Waals surface area contributed by atoms with Crippen LogP contribution in [0.5, 0.6) is 5.75 Å². The Morgan fingerprint density at radius 2 is 2.06 bits per heavy atom. The van der Waals surface area contributed by atoms with Crippen LogP contribution in [0.25, 0.3) is 20.2 Å². The Morgan fingerprint density at radius 1 is 1.22 bits per heavy atom. The van der Waals surface area contributed by atoms with Crippen molar-refractivity contribution in [3.63, 3.8) is 0 Å². The molecule has 7 heteroatoms. The van der Waals surface area contributed by atoms with E-state index in [1.807, 2.05) is 0 Å². The Bertz CT molecular complexity index is 748. The maximum absolute atomic E-state index is 10.8. The van der Waals surface area contributed by atoms with Crippen molar-refractivity contribution < 1.29 is 15.0 Å². The summed E-state index contributed by atoms with van der Waals surface area (Å²) in [6, 6.07) is 4.94. The van der Waals surface area contributed by atoms with Crippen LogP contribution in [0.1, 0.15) is 10.5 Å². The zero-order valence-electron chi connectivity index (χ0n) is 8.82. The topological polar surface area (TPSA) is 83.3 Å². The van der Waals surface area contributed by atoms with Gasteiger partial charge in [0.05, 0.1) is 10.2 Å². The molecule has 3 rings (SSSR count). The van der Waals surface area contributed by atoms with Gasteiger partial charge in [0.1, 0.15) is 5.75 Å². The molecule has 2 heterocycles. The van der Waals surface area contributed by atoms with Crippen molar-refractivity contribution in [2.75, 3.05) is 0 Å². The summed E-state index contributed by atoms with van der Waals surface area (Å²) in [5, 5.41) is 20.9. The van der Waals surface area contributed by atoms with Crippen molar-refractivity contribution in [2.24, 2.45) is 0 Å². The third-order valence-electron chi connectivity index (χ3n) is 2.28. The summed E-state index contributed by atoms with van der Waals surface area (Å²) in [5.74, 6) is -0.888. The van der Waals surface area contributed by atoms with E-state index in [0.29, 0.717) is 15.5 Å². The van der Waals surface area contributed by atoms with Crippen molar-refractivity contribution in [3.8, 4) is 15.8 Å². The van der Waals surface area contributed by atoms with Crippen LogP contribution in [0.4, 0.5) is 0 Å². The number of rotatable bonds is 2. The predicted octanol–water partition coefficient (Wildman–Crippen LogP) is 2.82. The predicted molar refractivity (Wildman–Crippen MR) is 69.4 cm³/mol. The SMILES string of the molecule is O=C(O)c1csc(-c2nc3cc(O)ccc3s2)n1. The average Bonchev–Trinajstić information content (AvgIpc) is 2.93. The van der Waals surface area contributed by atoms with E-state index in [0.717, 1.165) is 4.70 Å². The minimum atomic E-state index is -1.05. The number of aromatic hydroxyl groups is 1. The number of carbonyl (C=O) groups is 1. The fraction of sp³-hybridized carbons (Fsp3) is 0. The van der Waals surface area contributed by atoms with Crippen molar-refractivity contribution in [2.45, 2.75) is 0 Å². The van der Waals surface area contributed by atoms with Gasteiger partial charge in [0.25, 0.3) is 0 Å². The molecule has 0 bridgehead atoms. The lowest BCUT2D eigenvalue weighted by Crippen LogP contribution is -1.95. The van der Waals surface area contributed by atoms with E-state index in [1.54, 1.807) is 18.2 Å². The summed E-state index contributed by atoms with van der Waals surface area (Å²) in [5.41, 5.74) is 0.708. The first-order valence-electron chi connectivity index (χ1n) is 4.92. The number of phenols is 1. The van der Waals surface area contributed by atoms with Gasteiger partial charge >= 0.3 is 5.97 Å². The molecular weight excluding hydrogens is 272 g/mol. The van der Waals surface area contributed by atoms with E-state index in [4.69, 9.17) is 5.11 Å². The number of carboxylic acids is 1. The molecule has 1 aromatic carbocycles. The first kappa shape index (κ1) is 11.1. The van der Waals surface area contributed by atoms with Crippen LogP contribution in [-0.2, 0) is 0 Å². The van der Waals surface area contributed by atoms with E-state index in [-0.39, 0.29) is 11.4 Å². The molecule has 90 valence electrons. The number of hydrogen-bond donors (Lipinski definition) is 2. The van der Waals surface area contributed by atoms with Gasteiger partial charge in [-0.2, -0.15) is 0 Å².